The molecule has 4 aromatic rings. The van der Waals surface area contributed by atoms with Crippen molar-refractivity contribution in [1.29, 1.82) is 0 Å². The van der Waals surface area contributed by atoms with E-state index >= 15 is 0 Å². The topological polar surface area (TPSA) is 29.9 Å². The summed E-state index contributed by atoms with van der Waals surface area (Å²) in [5.74, 6) is 0. The summed E-state index contributed by atoms with van der Waals surface area (Å²) in [4.78, 5) is 0. The Bertz CT molecular complexity index is 1070. The van der Waals surface area contributed by atoms with E-state index in [9.17, 15) is 0 Å². The Morgan fingerprint density at radius 3 is 2.29 bits per heavy atom. The Morgan fingerprint density at radius 2 is 1.61 bits per heavy atom. The molecule has 0 saturated heterocycles. The van der Waals surface area contributed by atoms with E-state index in [2.05, 4.69) is 71.8 Å². The van der Waals surface area contributed by atoms with Gasteiger partial charge in [0.1, 0.15) is 4.70 Å². The Hall–Kier alpha value is -2.18. The standard InChI is InChI=1S/C24H23N2S.HI/c1-2-22-26(17-9-12-18-10-5-3-6-11-18)24-21(27-22)16-15-20(25)23(24)19-13-7-4-8-14-19;/h2-8,10-11,13-16H,1,9,12,17,25H2;1H/q+1;/p-1. The van der Waals surface area contributed by atoms with Gasteiger partial charge in [-0.25, -0.2) is 0 Å². The fourth-order valence-corrected chi connectivity index (χ4v) is 4.63. The van der Waals surface area contributed by atoms with Gasteiger partial charge in [0, 0.05) is 18.2 Å². The molecule has 4 rings (SSSR count). The Morgan fingerprint density at radius 1 is 0.929 bits per heavy atom. The zero-order chi connectivity index (χ0) is 18.6. The van der Waals surface area contributed by atoms with Gasteiger partial charge in [-0.1, -0.05) is 78.6 Å². The summed E-state index contributed by atoms with van der Waals surface area (Å²) in [6, 6.07) is 25.2. The van der Waals surface area contributed by atoms with Crippen molar-refractivity contribution in [3.8, 4) is 11.1 Å². The predicted molar refractivity (Wildman–Crippen MR) is 117 cm³/mol. The number of aryl methyl sites for hydroxylation is 2. The molecule has 2 nitrogen and oxygen atoms in total. The Kier molecular flexibility index (Phi) is 6.86. The van der Waals surface area contributed by atoms with Crippen LogP contribution in [0.25, 0.3) is 27.4 Å². The number of fused-ring (bicyclic) bond motifs is 1. The lowest BCUT2D eigenvalue weighted by atomic mass is 10.0. The van der Waals surface area contributed by atoms with Crippen molar-refractivity contribution >= 4 is 33.3 Å². The van der Waals surface area contributed by atoms with Crippen molar-refractivity contribution in [1.82, 2.24) is 0 Å². The summed E-state index contributed by atoms with van der Waals surface area (Å²) in [7, 11) is 0. The third kappa shape index (κ3) is 4.13. The highest BCUT2D eigenvalue weighted by molar-refractivity contribution is 7.19. The SMILES string of the molecule is C=Cc1sc2ccc(N)c(-c3ccccc3)c2[n+]1CCCc1ccccc1.[I-]. The van der Waals surface area contributed by atoms with Gasteiger partial charge in [0.15, 0.2) is 6.54 Å². The second-order valence-corrected chi connectivity index (χ2v) is 7.69. The van der Waals surface area contributed by atoms with E-state index in [0.29, 0.717) is 0 Å². The van der Waals surface area contributed by atoms with E-state index in [0.717, 1.165) is 36.2 Å². The molecule has 1 heterocycles. The van der Waals surface area contributed by atoms with Crippen LogP contribution < -0.4 is 34.3 Å². The maximum atomic E-state index is 6.42. The summed E-state index contributed by atoms with van der Waals surface area (Å²) >= 11 is 1.78. The van der Waals surface area contributed by atoms with Crippen molar-refractivity contribution in [2.45, 2.75) is 19.4 Å². The predicted octanol–water partition coefficient (Wildman–Crippen LogP) is 2.72. The van der Waals surface area contributed by atoms with Gasteiger partial charge in [0.05, 0.1) is 5.56 Å². The van der Waals surface area contributed by atoms with Gasteiger partial charge in [-0.3, -0.25) is 0 Å². The lowest BCUT2D eigenvalue weighted by Gasteiger charge is -2.07. The number of anilines is 1. The molecule has 0 radical (unpaired) electrons. The van der Waals surface area contributed by atoms with Crippen LogP contribution in [0.3, 0.4) is 0 Å². The molecular weight excluding hydrogens is 475 g/mol. The number of rotatable bonds is 6. The van der Waals surface area contributed by atoms with Crippen LogP contribution in [-0.2, 0) is 13.0 Å². The maximum absolute atomic E-state index is 6.42. The van der Waals surface area contributed by atoms with Crippen LogP contribution >= 0.6 is 11.3 Å². The molecule has 0 spiro atoms. The van der Waals surface area contributed by atoms with Gasteiger partial charge < -0.3 is 29.7 Å². The number of nitrogen functional groups attached to an aromatic ring is 1. The summed E-state index contributed by atoms with van der Waals surface area (Å²) < 4.78 is 3.63. The summed E-state index contributed by atoms with van der Waals surface area (Å²) in [6.07, 6.45) is 4.09. The first-order valence-corrected chi connectivity index (χ1v) is 10.1. The number of nitrogens with two attached hydrogens (primary N) is 1. The van der Waals surface area contributed by atoms with E-state index in [1.165, 1.54) is 20.8 Å². The highest BCUT2D eigenvalue weighted by Crippen LogP contribution is 2.35. The van der Waals surface area contributed by atoms with Crippen LogP contribution in [-0.4, -0.2) is 0 Å². The normalized spacial score (nSPS) is 10.6. The summed E-state index contributed by atoms with van der Waals surface area (Å²) in [5, 5.41) is 1.18. The smallest absolute Gasteiger partial charge is 0.262 e. The highest BCUT2D eigenvalue weighted by Gasteiger charge is 2.24. The van der Waals surface area contributed by atoms with Crippen LogP contribution in [0.4, 0.5) is 5.69 Å². The van der Waals surface area contributed by atoms with Gasteiger partial charge >= 0.3 is 0 Å². The monoisotopic (exact) mass is 498 g/mol. The van der Waals surface area contributed by atoms with E-state index in [1.807, 2.05) is 18.2 Å². The maximum Gasteiger partial charge on any atom is 0.262 e. The molecule has 0 atom stereocenters. The quantitative estimate of drug-likeness (QED) is 0.247. The van der Waals surface area contributed by atoms with E-state index in [1.54, 1.807) is 11.3 Å². The van der Waals surface area contributed by atoms with Crippen LogP contribution in [0.5, 0.6) is 0 Å². The summed E-state index contributed by atoms with van der Waals surface area (Å²) in [5.41, 5.74) is 12.1. The molecule has 2 N–H and O–H groups in total. The number of hydrogen-bond acceptors (Lipinski definition) is 2. The van der Waals surface area contributed by atoms with Crippen LogP contribution in [0.15, 0.2) is 79.4 Å². The molecular formula is C24H23IN2S. The fourth-order valence-electron chi connectivity index (χ4n) is 3.58. The second-order valence-electron chi connectivity index (χ2n) is 6.63. The molecule has 0 fully saturated rings. The van der Waals surface area contributed by atoms with Gasteiger partial charge in [0.2, 0.25) is 5.52 Å². The van der Waals surface area contributed by atoms with Crippen LogP contribution in [0.1, 0.15) is 17.0 Å². The Balaban J connectivity index is 0.00000225. The lowest BCUT2D eigenvalue weighted by Crippen LogP contribution is -3.00. The lowest BCUT2D eigenvalue weighted by molar-refractivity contribution is -0.668. The molecule has 0 aliphatic rings. The average Bonchev–Trinajstić information content (AvgIpc) is 3.07. The van der Waals surface area contributed by atoms with Crippen LogP contribution in [0, 0.1) is 0 Å². The first-order valence-electron chi connectivity index (χ1n) is 9.24. The first kappa shape index (κ1) is 20.6. The first-order chi connectivity index (χ1) is 13.3. The van der Waals surface area contributed by atoms with Crippen molar-refractivity contribution < 1.29 is 28.5 Å². The number of benzene rings is 3. The number of halogens is 1. The average molecular weight is 498 g/mol. The number of hydrogen-bond donors (Lipinski definition) is 1. The highest BCUT2D eigenvalue weighted by atomic mass is 127. The molecule has 4 heteroatoms. The molecule has 28 heavy (non-hydrogen) atoms. The van der Waals surface area contributed by atoms with Gasteiger partial charge in [0.25, 0.3) is 5.01 Å². The van der Waals surface area contributed by atoms with Crippen molar-refractivity contribution in [3.05, 3.63) is 89.9 Å². The zero-order valence-electron chi connectivity index (χ0n) is 15.6. The third-order valence-electron chi connectivity index (χ3n) is 4.85. The van der Waals surface area contributed by atoms with Crippen molar-refractivity contribution in [3.63, 3.8) is 0 Å². The molecule has 0 unspecified atom stereocenters. The molecule has 0 amide bonds. The molecule has 0 bridgehead atoms. The minimum atomic E-state index is 0. The molecule has 0 aliphatic carbocycles. The van der Waals surface area contributed by atoms with Gasteiger partial charge in [-0.05, 0) is 29.7 Å². The van der Waals surface area contributed by atoms with Gasteiger partial charge in [-0.2, -0.15) is 4.57 Å². The Labute approximate surface area is 187 Å². The van der Waals surface area contributed by atoms with E-state index in [4.69, 9.17) is 5.73 Å². The van der Waals surface area contributed by atoms with Crippen molar-refractivity contribution in [2.75, 3.05) is 5.73 Å². The minimum absolute atomic E-state index is 0. The van der Waals surface area contributed by atoms with E-state index in [-0.39, 0.29) is 24.0 Å². The third-order valence-corrected chi connectivity index (χ3v) is 6.00. The second kappa shape index (κ2) is 9.34. The number of aromatic nitrogens is 1. The largest absolute Gasteiger partial charge is 1.00 e. The number of nitrogens with zero attached hydrogens (tertiary/aromatic N) is 1. The number of thiazole rings is 1. The molecule has 3 aromatic carbocycles. The minimum Gasteiger partial charge on any atom is -1.00 e. The van der Waals surface area contributed by atoms with Crippen molar-refractivity contribution in [2.24, 2.45) is 0 Å². The van der Waals surface area contributed by atoms with Gasteiger partial charge in [-0.15, -0.1) is 0 Å². The van der Waals surface area contributed by atoms with Crippen LogP contribution in [0.2, 0.25) is 0 Å². The zero-order valence-corrected chi connectivity index (χ0v) is 18.6. The molecule has 1 aromatic heterocycles. The van der Waals surface area contributed by atoms with E-state index < -0.39 is 0 Å². The molecule has 0 aliphatic heterocycles. The summed E-state index contributed by atoms with van der Waals surface area (Å²) in [6.45, 7) is 4.98. The molecule has 0 saturated carbocycles. The fraction of sp³-hybridized carbons (Fsp3) is 0.125. The molecule has 142 valence electrons.